The highest BCUT2D eigenvalue weighted by Crippen LogP contribution is 2.13. The molecule has 0 heterocycles. The summed E-state index contributed by atoms with van der Waals surface area (Å²) in [5.41, 5.74) is 0. The first-order valence-corrected chi connectivity index (χ1v) is 4.40. The molecule has 74 valence electrons. The second-order valence-corrected chi connectivity index (χ2v) is 2.70. The van der Waals surface area contributed by atoms with Crippen LogP contribution >= 0.6 is 0 Å². The van der Waals surface area contributed by atoms with E-state index in [1.165, 1.54) is 6.08 Å². The Balaban J connectivity index is 2.76. The van der Waals surface area contributed by atoms with Crippen molar-refractivity contribution in [2.45, 2.75) is 13.3 Å². The molecule has 0 spiro atoms. The molecule has 0 fully saturated rings. The highest BCUT2D eigenvalue weighted by atomic mass is 16.5. The molecule has 14 heavy (non-hydrogen) atoms. The number of hydrogen-bond acceptors (Lipinski definition) is 2. The Hall–Kier alpha value is -1.77. The number of ether oxygens (including phenoxy) is 1. The Morgan fingerprint density at radius 3 is 2.57 bits per heavy atom. The predicted octanol–water partition coefficient (Wildman–Crippen LogP) is 2.44. The fourth-order valence-corrected chi connectivity index (χ4v) is 0.974. The minimum absolute atomic E-state index is 0.0290. The van der Waals surface area contributed by atoms with E-state index in [2.05, 4.69) is 0 Å². The van der Waals surface area contributed by atoms with Crippen LogP contribution in [0.1, 0.15) is 13.3 Å². The zero-order chi connectivity index (χ0) is 10.4. The number of carboxylic acids is 1. The van der Waals surface area contributed by atoms with Crippen LogP contribution in [-0.4, -0.2) is 11.1 Å². The van der Waals surface area contributed by atoms with Crippen molar-refractivity contribution in [3.63, 3.8) is 0 Å². The fourth-order valence-electron chi connectivity index (χ4n) is 0.974. The molecule has 1 aromatic carbocycles. The lowest BCUT2D eigenvalue weighted by Crippen LogP contribution is -2.07. The van der Waals surface area contributed by atoms with Crippen LogP contribution in [0.15, 0.2) is 42.2 Å². The van der Waals surface area contributed by atoms with Gasteiger partial charge in [-0.2, -0.15) is 0 Å². The normalized spacial score (nSPS) is 11.1. The number of carbonyl (C=O) groups is 1. The maximum absolute atomic E-state index is 10.7. The summed E-state index contributed by atoms with van der Waals surface area (Å²) in [5.74, 6) is -0.538. The second-order valence-electron chi connectivity index (χ2n) is 2.70. The molecule has 3 heteroatoms. The van der Waals surface area contributed by atoms with E-state index in [1.807, 2.05) is 13.0 Å². The molecule has 1 rings (SSSR count). The fraction of sp³-hybridized carbons (Fsp3) is 0.182. The van der Waals surface area contributed by atoms with Crippen molar-refractivity contribution in [1.29, 1.82) is 0 Å². The summed E-state index contributed by atoms with van der Waals surface area (Å²) in [6.07, 6.45) is 2.17. The Morgan fingerprint density at radius 2 is 2.07 bits per heavy atom. The quantitative estimate of drug-likeness (QED) is 0.588. The van der Waals surface area contributed by atoms with Crippen LogP contribution in [0.5, 0.6) is 5.75 Å². The molecule has 1 aromatic rings. The van der Waals surface area contributed by atoms with Gasteiger partial charge in [0.2, 0.25) is 5.76 Å². The molecule has 0 unspecified atom stereocenters. The minimum Gasteiger partial charge on any atom is -0.475 e. The highest BCUT2D eigenvalue weighted by molar-refractivity contribution is 5.84. The molecule has 0 aliphatic heterocycles. The summed E-state index contributed by atoms with van der Waals surface area (Å²) in [6.45, 7) is 1.86. The predicted molar refractivity (Wildman–Crippen MR) is 53.1 cm³/mol. The summed E-state index contributed by atoms with van der Waals surface area (Å²) >= 11 is 0. The van der Waals surface area contributed by atoms with Gasteiger partial charge in [0.1, 0.15) is 5.75 Å². The zero-order valence-corrected chi connectivity index (χ0v) is 7.93. The van der Waals surface area contributed by atoms with Gasteiger partial charge in [0, 0.05) is 0 Å². The monoisotopic (exact) mass is 192 g/mol. The molecule has 0 atom stereocenters. The van der Waals surface area contributed by atoms with E-state index in [0.717, 1.165) is 0 Å². The molecule has 3 nitrogen and oxygen atoms in total. The zero-order valence-electron chi connectivity index (χ0n) is 7.93. The van der Waals surface area contributed by atoms with Crippen LogP contribution in [0.3, 0.4) is 0 Å². The number of hydrogen-bond donors (Lipinski definition) is 1. The lowest BCUT2D eigenvalue weighted by molar-refractivity contribution is -0.135. The van der Waals surface area contributed by atoms with Gasteiger partial charge in [-0.1, -0.05) is 25.1 Å². The average Bonchev–Trinajstić information content (AvgIpc) is 2.18. The first kappa shape index (κ1) is 10.3. The van der Waals surface area contributed by atoms with Gasteiger partial charge in [-0.05, 0) is 24.6 Å². The second kappa shape index (κ2) is 5.07. The third-order valence-electron chi connectivity index (χ3n) is 1.57. The van der Waals surface area contributed by atoms with Gasteiger partial charge in [-0.25, -0.2) is 4.79 Å². The summed E-state index contributed by atoms with van der Waals surface area (Å²) in [6, 6.07) is 8.86. The van der Waals surface area contributed by atoms with E-state index in [4.69, 9.17) is 9.84 Å². The molecule has 0 bridgehead atoms. The van der Waals surface area contributed by atoms with E-state index >= 15 is 0 Å². The third kappa shape index (κ3) is 2.94. The maximum Gasteiger partial charge on any atom is 0.371 e. The van der Waals surface area contributed by atoms with Gasteiger partial charge >= 0.3 is 5.97 Å². The van der Waals surface area contributed by atoms with Crippen LogP contribution < -0.4 is 4.74 Å². The lowest BCUT2D eigenvalue weighted by Gasteiger charge is -2.04. The van der Waals surface area contributed by atoms with Crippen LogP contribution in [0.25, 0.3) is 0 Å². The van der Waals surface area contributed by atoms with Gasteiger partial charge < -0.3 is 9.84 Å². The molecule has 1 N–H and O–H groups in total. The number of para-hydroxylation sites is 1. The molecule has 0 aromatic heterocycles. The molecule has 0 amide bonds. The third-order valence-corrected chi connectivity index (χ3v) is 1.57. The molecule has 0 aliphatic carbocycles. The van der Waals surface area contributed by atoms with E-state index in [1.54, 1.807) is 24.3 Å². The van der Waals surface area contributed by atoms with Crippen molar-refractivity contribution >= 4 is 5.97 Å². The van der Waals surface area contributed by atoms with Crippen molar-refractivity contribution in [2.24, 2.45) is 0 Å². The largest absolute Gasteiger partial charge is 0.475 e. The SMILES string of the molecule is CC/C=C(/Oc1ccccc1)C(=O)O. The number of rotatable bonds is 4. The van der Waals surface area contributed by atoms with Crippen molar-refractivity contribution in [3.05, 3.63) is 42.2 Å². The van der Waals surface area contributed by atoms with Crippen molar-refractivity contribution in [3.8, 4) is 5.75 Å². The lowest BCUT2D eigenvalue weighted by atomic mass is 10.3. The van der Waals surface area contributed by atoms with E-state index in [-0.39, 0.29) is 5.76 Å². The average molecular weight is 192 g/mol. The summed E-state index contributed by atoms with van der Waals surface area (Å²) in [4.78, 5) is 10.7. The molecule has 0 saturated heterocycles. The first-order chi connectivity index (χ1) is 6.74. The Morgan fingerprint density at radius 1 is 1.43 bits per heavy atom. The highest BCUT2D eigenvalue weighted by Gasteiger charge is 2.08. The van der Waals surface area contributed by atoms with Gasteiger partial charge in [0.05, 0.1) is 0 Å². The minimum atomic E-state index is -1.05. The summed E-state index contributed by atoms with van der Waals surface area (Å²) in [5, 5.41) is 8.77. The molecular weight excluding hydrogens is 180 g/mol. The van der Waals surface area contributed by atoms with Gasteiger partial charge in [0.15, 0.2) is 0 Å². The van der Waals surface area contributed by atoms with Crippen LogP contribution in [-0.2, 0) is 4.79 Å². The molecule has 0 radical (unpaired) electrons. The van der Waals surface area contributed by atoms with Crippen molar-refractivity contribution < 1.29 is 14.6 Å². The molecule has 0 aliphatic rings. The number of carboxylic acid groups (broad SMARTS) is 1. The Labute approximate surface area is 82.6 Å². The van der Waals surface area contributed by atoms with Crippen molar-refractivity contribution in [2.75, 3.05) is 0 Å². The Bertz CT molecular complexity index is 328. The van der Waals surface area contributed by atoms with Crippen LogP contribution in [0.2, 0.25) is 0 Å². The number of benzene rings is 1. The first-order valence-electron chi connectivity index (χ1n) is 4.40. The van der Waals surface area contributed by atoms with E-state index < -0.39 is 5.97 Å². The van der Waals surface area contributed by atoms with Gasteiger partial charge in [-0.3, -0.25) is 0 Å². The summed E-state index contributed by atoms with van der Waals surface area (Å²) < 4.78 is 5.18. The van der Waals surface area contributed by atoms with Crippen LogP contribution in [0, 0.1) is 0 Å². The molecular formula is C11H12O3. The van der Waals surface area contributed by atoms with Crippen molar-refractivity contribution in [1.82, 2.24) is 0 Å². The molecule has 0 saturated carbocycles. The van der Waals surface area contributed by atoms with Gasteiger partial charge in [-0.15, -0.1) is 0 Å². The smallest absolute Gasteiger partial charge is 0.371 e. The maximum atomic E-state index is 10.7. The topological polar surface area (TPSA) is 46.5 Å². The van der Waals surface area contributed by atoms with E-state index in [0.29, 0.717) is 12.2 Å². The van der Waals surface area contributed by atoms with Crippen LogP contribution in [0.4, 0.5) is 0 Å². The van der Waals surface area contributed by atoms with E-state index in [9.17, 15) is 4.79 Å². The number of aliphatic carboxylic acids is 1. The summed E-state index contributed by atoms with van der Waals surface area (Å²) in [7, 11) is 0. The number of allylic oxidation sites excluding steroid dienone is 1. The standard InChI is InChI=1S/C11H12O3/c1-2-6-10(11(12)13)14-9-7-4-3-5-8-9/h3-8H,2H2,1H3,(H,12,13)/b10-6+. The Kier molecular flexibility index (Phi) is 3.73. The van der Waals surface area contributed by atoms with Gasteiger partial charge in [0.25, 0.3) is 0 Å².